The van der Waals surface area contributed by atoms with E-state index in [1.807, 2.05) is 37.3 Å². The largest absolute Gasteiger partial charge is 0.352 e. The normalized spacial score (nSPS) is 22.4. The van der Waals surface area contributed by atoms with Crippen LogP contribution in [0.3, 0.4) is 0 Å². The number of hydrogen-bond donors (Lipinski definition) is 1. The van der Waals surface area contributed by atoms with Gasteiger partial charge in [0, 0.05) is 12.6 Å². The number of nitrogens with zero attached hydrogens (tertiary/aromatic N) is 4. The van der Waals surface area contributed by atoms with Crippen LogP contribution in [0.2, 0.25) is 0 Å². The third-order valence-corrected chi connectivity index (χ3v) is 7.71. The molecule has 1 aromatic carbocycles. The van der Waals surface area contributed by atoms with E-state index in [1.54, 1.807) is 10.9 Å². The molecule has 0 unspecified atom stereocenters. The predicted octanol–water partition coefficient (Wildman–Crippen LogP) is 2.90. The minimum Gasteiger partial charge on any atom is -0.352 e. The minimum atomic E-state index is -0.506. The fourth-order valence-corrected chi connectivity index (χ4v) is 5.95. The molecule has 0 aliphatic heterocycles. The molecule has 0 radical (unpaired) electrons. The molecule has 2 saturated carbocycles. The molecule has 8 nitrogen and oxygen atoms in total. The second kappa shape index (κ2) is 9.60. The van der Waals surface area contributed by atoms with Gasteiger partial charge in [-0.15, -0.1) is 0 Å². The van der Waals surface area contributed by atoms with Crippen LogP contribution in [0.25, 0.3) is 11.2 Å². The smallest absolute Gasteiger partial charge is 0.333 e. The first-order valence-electron chi connectivity index (χ1n) is 12.6. The van der Waals surface area contributed by atoms with Crippen molar-refractivity contribution >= 4 is 17.1 Å². The van der Waals surface area contributed by atoms with E-state index in [2.05, 4.69) is 10.3 Å². The molecule has 1 amide bonds. The second-order valence-corrected chi connectivity index (χ2v) is 9.83. The van der Waals surface area contributed by atoms with Gasteiger partial charge in [0.05, 0.1) is 12.9 Å². The molecule has 0 bridgehead atoms. The Kier molecular flexibility index (Phi) is 6.39. The van der Waals surface area contributed by atoms with E-state index in [0.717, 1.165) is 35.3 Å². The highest BCUT2D eigenvalue weighted by atomic mass is 16.2. The van der Waals surface area contributed by atoms with Gasteiger partial charge in [-0.1, -0.05) is 56.0 Å². The molecule has 8 heteroatoms. The number of hydrogen-bond acceptors (Lipinski definition) is 4. The first-order valence-corrected chi connectivity index (χ1v) is 12.6. The molecule has 3 aromatic rings. The number of amides is 1. The van der Waals surface area contributed by atoms with Gasteiger partial charge in [-0.05, 0) is 43.6 Å². The van der Waals surface area contributed by atoms with Crippen LogP contribution in [0.1, 0.15) is 57.4 Å². The topological polar surface area (TPSA) is 90.9 Å². The molecule has 1 N–H and O–H groups in total. The number of fused-ring (bicyclic) bond motifs is 2. The standard InChI is InChI=1S/C26H33N5O3/c1-2-29-17-27-24-23(29)25(33)31(26(34)30(24)15-18-8-4-3-5-9-18)16-22(32)28-21-13-12-19-10-6-7-11-20(19)14-21/h3-5,8-9,17,19-21H,2,6-7,10-16H2,1H3,(H,28,32)/t19-,20-,21-/m1/s1. The van der Waals surface area contributed by atoms with Crippen molar-refractivity contribution in [3.63, 3.8) is 0 Å². The van der Waals surface area contributed by atoms with E-state index >= 15 is 0 Å². The summed E-state index contributed by atoms with van der Waals surface area (Å²) >= 11 is 0. The van der Waals surface area contributed by atoms with Gasteiger partial charge in [0.25, 0.3) is 5.56 Å². The van der Waals surface area contributed by atoms with Gasteiger partial charge < -0.3 is 9.88 Å². The Morgan fingerprint density at radius 3 is 2.56 bits per heavy atom. The molecule has 5 rings (SSSR count). The monoisotopic (exact) mass is 463 g/mol. The zero-order valence-corrected chi connectivity index (χ0v) is 19.8. The predicted molar refractivity (Wildman–Crippen MR) is 131 cm³/mol. The maximum atomic E-state index is 13.4. The zero-order chi connectivity index (χ0) is 23.7. The van der Waals surface area contributed by atoms with Gasteiger partial charge in [0.1, 0.15) is 6.54 Å². The first kappa shape index (κ1) is 22.6. The third kappa shape index (κ3) is 4.33. The van der Waals surface area contributed by atoms with Crippen LogP contribution in [0.15, 0.2) is 46.2 Å². The minimum absolute atomic E-state index is 0.124. The van der Waals surface area contributed by atoms with E-state index in [0.29, 0.717) is 23.6 Å². The van der Waals surface area contributed by atoms with Crippen LogP contribution >= 0.6 is 0 Å². The Balaban J connectivity index is 1.42. The van der Waals surface area contributed by atoms with Gasteiger partial charge in [0.15, 0.2) is 11.2 Å². The highest BCUT2D eigenvalue weighted by Crippen LogP contribution is 2.40. The van der Waals surface area contributed by atoms with Crippen LogP contribution in [0, 0.1) is 11.8 Å². The van der Waals surface area contributed by atoms with Crippen LogP contribution in [0.4, 0.5) is 0 Å². The lowest BCUT2D eigenvalue weighted by molar-refractivity contribution is -0.123. The summed E-state index contributed by atoms with van der Waals surface area (Å²) in [5, 5.41) is 3.13. The summed E-state index contributed by atoms with van der Waals surface area (Å²) in [5.74, 6) is 1.21. The van der Waals surface area contributed by atoms with Crippen LogP contribution in [-0.2, 0) is 24.4 Å². The maximum absolute atomic E-state index is 13.4. The summed E-state index contributed by atoms with van der Waals surface area (Å²) in [7, 11) is 0. The number of carbonyl (C=O) groups is 1. The zero-order valence-electron chi connectivity index (χ0n) is 19.8. The van der Waals surface area contributed by atoms with Gasteiger partial charge in [0.2, 0.25) is 5.91 Å². The van der Waals surface area contributed by atoms with Crippen molar-refractivity contribution in [2.24, 2.45) is 11.8 Å². The van der Waals surface area contributed by atoms with Crippen molar-refractivity contribution in [2.75, 3.05) is 0 Å². The van der Waals surface area contributed by atoms with E-state index in [9.17, 15) is 14.4 Å². The van der Waals surface area contributed by atoms with Crippen molar-refractivity contribution in [3.05, 3.63) is 63.1 Å². The lowest BCUT2D eigenvalue weighted by atomic mass is 9.69. The summed E-state index contributed by atoms with van der Waals surface area (Å²) in [6.45, 7) is 2.48. The van der Waals surface area contributed by atoms with E-state index in [1.165, 1.54) is 30.3 Å². The highest BCUT2D eigenvalue weighted by molar-refractivity contribution is 5.77. The highest BCUT2D eigenvalue weighted by Gasteiger charge is 2.32. The Hall–Kier alpha value is -3.16. The second-order valence-electron chi connectivity index (χ2n) is 9.83. The van der Waals surface area contributed by atoms with Gasteiger partial charge >= 0.3 is 5.69 Å². The quantitative estimate of drug-likeness (QED) is 0.609. The molecule has 2 fully saturated rings. The average Bonchev–Trinajstić information content (AvgIpc) is 3.29. The Morgan fingerprint density at radius 1 is 1.03 bits per heavy atom. The number of benzene rings is 1. The van der Waals surface area contributed by atoms with E-state index in [-0.39, 0.29) is 25.0 Å². The summed E-state index contributed by atoms with van der Waals surface area (Å²) in [6.07, 6.45) is 9.88. The number of imidazole rings is 1. The number of nitrogens with one attached hydrogen (secondary N) is 1. The lowest BCUT2D eigenvalue weighted by Gasteiger charge is -2.39. The number of rotatable bonds is 6. The fourth-order valence-electron chi connectivity index (χ4n) is 5.95. The first-order chi connectivity index (χ1) is 16.5. The Bertz CT molecular complexity index is 1290. The molecule has 3 atom stereocenters. The molecule has 34 heavy (non-hydrogen) atoms. The maximum Gasteiger partial charge on any atom is 0.333 e. The van der Waals surface area contributed by atoms with E-state index < -0.39 is 11.2 Å². The molecule has 2 aliphatic carbocycles. The number of aryl methyl sites for hydroxylation is 1. The number of aromatic nitrogens is 4. The van der Waals surface area contributed by atoms with Crippen molar-refractivity contribution in [1.29, 1.82) is 0 Å². The SMILES string of the molecule is CCn1cnc2c1c(=O)n(CC(=O)N[C@@H]1CC[C@H]3CCCC[C@@H]3C1)c(=O)n2Cc1ccccc1. The summed E-state index contributed by atoms with van der Waals surface area (Å²) in [4.78, 5) is 44.1. The Labute approximate surface area is 198 Å². The molecule has 180 valence electrons. The lowest BCUT2D eigenvalue weighted by Crippen LogP contribution is -2.47. The van der Waals surface area contributed by atoms with Crippen LogP contribution in [0.5, 0.6) is 0 Å². The number of carbonyl (C=O) groups excluding carboxylic acids is 1. The molecule has 2 aromatic heterocycles. The van der Waals surface area contributed by atoms with Crippen molar-refractivity contribution in [1.82, 2.24) is 24.0 Å². The molecule has 2 heterocycles. The van der Waals surface area contributed by atoms with Crippen LogP contribution < -0.4 is 16.6 Å². The summed E-state index contributed by atoms with van der Waals surface area (Å²) in [6, 6.07) is 9.72. The summed E-state index contributed by atoms with van der Waals surface area (Å²) in [5.41, 5.74) is 0.668. The third-order valence-electron chi connectivity index (χ3n) is 7.71. The molecule has 0 spiro atoms. The van der Waals surface area contributed by atoms with Crippen molar-refractivity contribution in [3.8, 4) is 0 Å². The summed E-state index contributed by atoms with van der Waals surface area (Å²) < 4.78 is 4.30. The fraction of sp³-hybridized carbons (Fsp3) is 0.538. The molecule has 2 aliphatic rings. The van der Waals surface area contributed by atoms with Crippen molar-refractivity contribution < 1.29 is 4.79 Å². The van der Waals surface area contributed by atoms with Gasteiger partial charge in [-0.3, -0.25) is 14.2 Å². The van der Waals surface area contributed by atoms with Crippen molar-refractivity contribution in [2.45, 2.75) is 77.5 Å². The average molecular weight is 464 g/mol. The van der Waals surface area contributed by atoms with Gasteiger partial charge in [-0.25, -0.2) is 14.3 Å². The van der Waals surface area contributed by atoms with Gasteiger partial charge in [-0.2, -0.15) is 0 Å². The molecular formula is C26H33N5O3. The molecule has 0 saturated heterocycles. The Morgan fingerprint density at radius 2 is 1.79 bits per heavy atom. The molecular weight excluding hydrogens is 430 g/mol. The van der Waals surface area contributed by atoms with Crippen LogP contribution in [-0.4, -0.2) is 30.6 Å². The van der Waals surface area contributed by atoms with E-state index in [4.69, 9.17) is 0 Å².